The zero-order chi connectivity index (χ0) is 19.3. The molecule has 5 nitrogen and oxygen atoms in total. The molecule has 4 rings (SSSR count). The Morgan fingerprint density at radius 3 is 2.29 bits per heavy atom. The molecular formula is C23H27N3O2. The van der Waals surface area contributed by atoms with Crippen LogP contribution in [0.3, 0.4) is 0 Å². The van der Waals surface area contributed by atoms with E-state index in [1.807, 2.05) is 36.4 Å². The first-order chi connectivity index (χ1) is 13.7. The van der Waals surface area contributed by atoms with Crippen LogP contribution in [0.15, 0.2) is 60.7 Å². The van der Waals surface area contributed by atoms with E-state index in [9.17, 15) is 9.59 Å². The fourth-order valence-electron chi connectivity index (χ4n) is 4.14. The van der Waals surface area contributed by atoms with Gasteiger partial charge >= 0.3 is 0 Å². The number of nitrogens with one attached hydrogen (secondary N) is 1. The molecule has 2 aromatic carbocycles. The van der Waals surface area contributed by atoms with Gasteiger partial charge < -0.3 is 10.2 Å². The molecule has 2 fully saturated rings. The summed E-state index contributed by atoms with van der Waals surface area (Å²) >= 11 is 0. The predicted octanol–water partition coefficient (Wildman–Crippen LogP) is 2.82. The van der Waals surface area contributed by atoms with Crippen LogP contribution in [0.2, 0.25) is 0 Å². The van der Waals surface area contributed by atoms with E-state index in [1.165, 1.54) is 5.56 Å². The first-order valence-corrected chi connectivity index (χ1v) is 10.1. The van der Waals surface area contributed by atoms with Crippen molar-refractivity contribution in [2.24, 2.45) is 5.92 Å². The van der Waals surface area contributed by atoms with E-state index in [0.717, 1.165) is 38.2 Å². The Hall–Kier alpha value is -2.66. The van der Waals surface area contributed by atoms with Crippen molar-refractivity contribution in [2.45, 2.75) is 31.8 Å². The highest BCUT2D eigenvalue weighted by molar-refractivity contribution is 6.00. The minimum absolute atomic E-state index is 0.0216. The van der Waals surface area contributed by atoms with Crippen LogP contribution >= 0.6 is 0 Å². The summed E-state index contributed by atoms with van der Waals surface area (Å²) in [6.45, 7) is 3.41. The molecule has 1 N–H and O–H groups in total. The number of para-hydroxylation sites is 1. The largest absolute Gasteiger partial charge is 0.353 e. The van der Waals surface area contributed by atoms with Gasteiger partial charge in [0.25, 0.3) is 0 Å². The molecular weight excluding hydrogens is 350 g/mol. The molecule has 0 spiro atoms. The summed E-state index contributed by atoms with van der Waals surface area (Å²) < 4.78 is 0. The van der Waals surface area contributed by atoms with Crippen LogP contribution in [-0.2, 0) is 16.1 Å². The van der Waals surface area contributed by atoms with Crippen molar-refractivity contribution >= 4 is 17.5 Å². The molecule has 5 heteroatoms. The zero-order valence-corrected chi connectivity index (χ0v) is 16.1. The fourth-order valence-corrected chi connectivity index (χ4v) is 4.14. The van der Waals surface area contributed by atoms with Crippen molar-refractivity contribution in [3.63, 3.8) is 0 Å². The summed E-state index contributed by atoms with van der Waals surface area (Å²) in [6, 6.07) is 20.3. The lowest BCUT2D eigenvalue weighted by atomic mass is 10.0. The Balaban J connectivity index is 1.25. The number of hydrogen-bond acceptors (Lipinski definition) is 3. The van der Waals surface area contributed by atoms with Crippen molar-refractivity contribution in [3.05, 3.63) is 66.2 Å². The van der Waals surface area contributed by atoms with Crippen LogP contribution in [0, 0.1) is 5.92 Å². The maximum Gasteiger partial charge on any atom is 0.227 e. The van der Waals surface area contributed by atoms with Gasteiger partial charge in [0.2, 0.25) is 11.8 Å². The molecule has 0 aliphatic carbocycles. The first-order valence-electron chi connectivity index (χ1n) is 10.1. The van der Waals surface area contributed by atoms with E-state index in [2.05, 4.69) is 34.5 Å². The summed E-state index contributed by atoms with van der Waals surface area (Å²) in [5, 5.41) is 3.19. The number of hydrogen-bond donors (Lipinski definition) is 1. The third-order valence-corrected chi connectivity index (χ3v) is 5.75. The van der Waals surface area contributed by atoms with Gasteiger partial charge in [0, 0.05) is 44.3 Å². The predicted molar refractivity (Wildman–Crippen MR) is 110 cm³/mol. The lowest BCUT2D eigenvalue weighted by Gasteiger charge is -2.32. The molecule has 0 aromatic heterocycles. The minimum Gasteiger partial charge on any atom is -0.353 e. The van der Waals surface area contributed by atoms with Crippen LogP contribution in [-0.4, -0.2) is 42.4 Å². The summed E-state index contributed by atoms with van der Waals surface area (Å²) in [5.41, 5.74) is 2.20. The number of anilines is 1. The Morgan fingerprint density at radius 1 is 0.964 bits per heavy atom. The number of benzene rings is 2. The normalized spacial score (nSPS) is 21.1. The van der Waals surface area contributed by atoms with Crippen molar-refractivity contribution < 1.29 is 9.59 Å². The van der Waals surface area contributed by atoms with E-state index < -0.39 is 0 Å². The second-order valence-electron chi connectivity index (χ2n) is 7.79. The van der Waals surface area contributed by atoms with E-state index in [4.69, 9.17) is 0 Å². The van der Waals surface area contributed by atoms with Crippen molar-refractivity contribution in [1.82, 2.24) is 10.2 Å². The molecule has 1 atom stereocenters. The molecule has 2 aromatic rings. The summed E-state index contributed by atoms with van der Waals surface area (Å²) in [7, 11) is 0. The first kappa shape index (κ1) is 18.7. The smallest absolute Gasteiger partial charge is 0.227 e. The third kappa shape index (κ3) is 4.42. The van der Waals surface area contributed by atoms with Gasteiger partial charge in [0.1, 0.15) is 0 Å². The molecule has 2 amide bonds. The number of amides is 2. The molecule has 2 aliphatic heterocycles. The summed E-state index contributed by atoms with van der Waals surface area (Å²) in [5.74, 6) is -0.202. The Bertz CT molecular complexity index is 801. The SMILES string of the molecule is O=C(NC1CCN(Cc2ccccc2)CC1)[C@H]1CC(=O)N(c2ccccc2)C1. The molecule has 0 saturated carbocycles. The number of likely N-dealkylation sites (tertiary alicyclic amines) is 1. The molecule has 2 saturated heterocycles. The quantitative estimate of drug-likeness (QED) is 0.872. The highest BCUT2D eigenvalue weighted by Gasteiger charge is 2.36. The second kappa shape index (κ2) is 8.57. The Labute approximate surface area is 166 Å². The average molecular weight is 377 g/mol. The lowest BCUT2D eigenvalue weighted by Crippen LogP contribution is -2.46. The second-order valence-corrected chi connectivity index (χ2v) is 7.79. The van der Waals surface area contributed by atoms with Crippen molar-refractivity contribution in [2.75, 3.05) is 24.5 Å². The van der Waals surface area contributed by atoms with Gasteiger partial charge in [-0.15, -0.1) is 0 Å². The van der Waals surface area contributed by atoms with Crippen molar-refractivity contribution in [3.8, 4) is 0 Å². The van der Waals surface area contributed by atoms with Gasteiger partial charge in [-0.25, -0.2) is 0 Å². The maximum atomic E-state index is 12.7. The topological polar surface area (TPSA) is 52.7 Å². The zero-order valence-electron chi connectivity index (χ0n) is 16.1. The number of carbonyl (C=O) groups excluding carboxylic acids is 2. The number of carbonyl (C=O) groups is 2. The Kier molecular flexibility index (Phi) is 5.72. The maximum absolute atomic E-state index is 12.7. The van der Waals surface area contributed by atoms with Gasteiger partial charge in [0.15, 0.2) is 0 Å². The molecule has 0 bridgehead atoms. The summed E-state index contributed by atoms with van der Waals surface area (Å²) in [4.78, 5) is 29.2. The van der Waals surface area contributed by atoms with Crippen LogP contribution in [0.5, 0.6) is 0 Å². The van der Waals surface area contributed by atoms with E-state index in [0.29, 0.717) is 13.0 Å². The van der Waals surface area contributed by atoms with Gasteiger partial charge in [0.05, 0.1) is 5.92 Å². The van der Waals surface area contributed by atoms with Crippen molar-refractivity contribution in [1.29, 1.82) is 0 Å². The van der Waals surface area contributed by atoms with Gasteiger partial charge in [-0.1, -0.05) is 48.5 Å². The highest BCUT2D eigenvalue weighted by atomic mass is 16.2. The Morgan fingerprint density at radius 2 is 1.61 bits per heavy atom. The van der Waals surface area contributed by atoms with E-state index in [-0.39, 0.29) is 23.8 Å². The van der Waals surface area contributed by atoms with Crippen LogP contribution in [0.4, 0.5) is 5.69 Å². The minimum atomic E-state index is -0.255. The molecule has 0 unspecified atom stereocenters. The van der Waals surface area contributed by atoms with Crippen LogP contribution in [0.1, 0.15) is 24.8 Å². The molecule has 2 aliphatic rings. The van der Waals surface area contributed by atoms with E-state index >= 15 is 0 Å². The monoisotopic (exact) mass is 377 g/mol. The standard InChI is InChI=1S/C23H27N3O2/c27-22-15-19(17-26(22)21-9-5-2-6-10-21)23(28)24-20-11-13-25(14-12-20)16-18-7-3-1-4-8-18/h1-10,19-20H,11-17H2,(H,24,28)/t19-/m0/s1. The van der Waals surface area contributed by atoms with Crippen LogP contribution < -0.4 is 10.2 Å². The van der Waals surface area contributed by atoms with E-state index in [1.54, 1.807) is 4.90 Å². The number of piperidine rings is 1. The number of rotatable bonds is 5. The molecule has 2 heterocycles. The fraction of sp³-hybridized carbons (Fsp3) is 0.391. The lowest BCUT2D eigenvalue weighted by molar-refractivity contribution is -0.127. The highest BCUT2D eigenvalue weighted by Crippen LogP contribution is 2.25. The van der Waals surface area contributed by atoms with Crippen LogP contribution in [0.25, 0.3) is 0 Å². The average Bonchev–Trinajstić information content (AvgIpc) is 3.13. The number of nitrogens with zero attached hydrogens (tertiary/aromatic N) is 2. The molecule has 0 radical (unpaired) electrons. The van der Waals surface area contributed by atoms with Gasteiger partial charge in [-0.2, -0.15) is 0 Å². The molecule has 28 heavy (non-hydrogen) atoms. The summed E-state index contributed by atoms with van der Waals surface area (Å²) in [6.07, 6.45) is 2.22. The molecule has 146 valence electrons. The van der Waals surface area contributed by atoms with Gasteiger partial charge in [-0.05, 0) is 30.5 Å². The van der Waals surface area contributed by atoms with Gasteiger partial charge in [-0.3, -0.25) is 14.5 Å². The third-order valence-electron chi connectivity index (χ3n) is 5.75.